The lowest BCUT2D eigenvalue weighted by Crippen LogP contribution is -2.32. The number of methoxy groups -OCH3 is 4. The van der Waals surface area contributed by atoms with Crippen molar-refractivity contribution in [2.24, 2.45) is 0 Å². The van der Waals surface area contributed by atoms with Gasteiger partial charge in [-0.1, -0.05) is 0 Å². The number of hydrogen-bond donors (Lipinski definition) is 2. The maximum absolute atomic E-state index is 13.5. The van der Waals surface area contributed by atoms with Crippen molar-refractivity contribution >= 4 is 23.4 Å². The summed E-state index contributed by atoms with van der Waals surface area (Å²) < 4.78 is 21.3. The first kappa shape index (κ1) is 28.6. The molecule has 1 saturated heterocycles. The van der Waals surface area contributed by atoms with Crippen LogP contribution in [0.2, 0.25) is 0 Å². The van der Waals surface area contributed by atoms with Crippen LogP contribution >= 0.6 is 0 Å². The van der Waals surface area contributed by atoms with Gasteiger partial charge in [0.15, 0.2) is 11.5 Å². The van der Waals surface area contributed by atoms with Crippen molar-refractivity contribution in [1.29, 1.82) is 0 Å². The molecule has 1 amide bonds. The summed E-state index contributed by atoms with van der Waals surface area (Å²) in [6.07, 6.45) is 0.593. The van der Waals surface area contributed by atoms with E-state index in [9.17, 15) is 19.5 Å². The second-order valence-corrected chi connectivity index (χ2v) is 9.22. The number of aliphatic hydroxyl groups is 1. The van der Waals surface area contributed by atoms with Crippen LogP contribution in [-0.4, -0.2) is 93.2 Å². The van der Waals surface area contributed by atoms with E-state index in [0.717, 1.165) is 0 Å². The molecular formula is C27H35N3O8. The highest BCUT2D eigenvalue weighted by atomic mass is 16.5. The molecule has 206 valence electrons. The van der Waals surface area contributed by atoms with Crippen LogP contribution in [0, 0.1) is 13.8 Å². The van der Waals surface area contributed by atoms with Gasteiger partial charge in [0.05, 0.1) is 40.1 Å². The number of esters is 1. The lowest BCUT2D eigenvalue weighted by molar-refractivity contribution is -0.139. The van der Waals surface area contributed by atoms with Crippen LogP contribution in [0.4, 0.5) is 0 Å². The molecule has 2 heterocycles. The number of Topliss-reactive ketones (excluding diaryl/α,β-unsaturated/α-hetero) is 1. The van der Waals surface area contributed by atoms with Gasteiger partial charge < -0.3 is 38.8 Å². The molecular weight excluding hydrogens is 494 g/mol. The molecule has 0 bridgehead atoms. The van der Waals surface area contributed by atoms with E-state index in [4.69, 9.17) is 18.9 Å². The van der Waals surface area contributed by atoms with Crippen LogP contribution in [0.1, 0.15) is 45.3 Å². The molecule has 1 aromatic heterocycles. The van der Waals surface area contributed by atoms with Crippen molar-refractivity contribution in [1.82, 2.24) is 14.8 Å². The third-order valence-corrected chi connectivity index (χ3v) is 6.61. The fourth-order valence-electron chi connectivity index (χ4n) is 4.82. The van der Waals surface area contributed by atoms with Gasteiger partial charge in [-0.2, -0.15) is 0 Å². The van der Waals surface area contributed by atoms with Gasteiger partial charge in [-0.25, -0.2) is 4.79 Å². The minimum Gasteiger partial charge on any atom is -0.507 e. The van der Waals surface area contributed by atoms with Crippen molar-refractivity contribution < 1.29 is 38.4 Å². The van der Waals surface area contributed by atoms with Crippen LogP contribution in [0.15, 0.2) is 17.7 Å². The number of nitrogens with one attached hydrogen (secondary N) is 1. The third kappa shape index (κ3) is 5.06. The maximum Gasteiger partial charge on any atom is 0.354 e. The predicted octanol–water partition coefficient (Wildman–Crippen LogP) is 2.82. The van der Waals surface area contributed by atoms with E-state index in [-0.39, 0.29) is 23.4 Å². The summed E-state index contributed by atoms with van der Waals surface area (Å²) in [5.74, 6) is -1.55. The quantitative estimate of drug-likeness (QED) is 0.206. The number of ketones is 1. The number of likely N-dealkylation sites (tertiary alicyclic amines) is 1. The highest BCUT2D eigenvalue weighted by Crippen LogP contribution is 2.46. The normalized spacial score (nSPS) is 16.8. The second kappa shape index (κ2) is 11.6. The number of amides is 1. The highest BCUT2D eigenvalue weighted by molar-refractivity contribution is 6.46. The number of aryl methyl sites for hydroxylation is 1. The molecule has 1 fully saturated rings. The summed E-state index contributed by atoms with van der Waals surface area (Å²) in [7, 11) is 9.50. The van der Waals surface area contributed by atoms with Crippen LogP contribution in [0.3, 0.4) is 0 Å². The summed E-state index contributed by atoms with van der Waals surface area (Å²) in [6.45, 7) is 4.24. The van der Waals surface area contributed by atoms with Crippen LogP contribution < -0.4 is 14.2 Å². The standard InChI is InChI=1S/C27H35N3O8/c1-14-19(15(2)28-21(14)27(34)38-8)23(31)20-22(30(26(33)24(20)32)11-9-10-29(3)4)16-12-17(35-5)25(37-7)18(13-16)36-6/h12-13,22,28,31H,9-11H2,1-8H3/b23-20+/t22-/m0/s1. The first-order valence-corrected chi connectivity index (χ1v) is 12.0. The van der Waals surface area contributed by atoms with Gasteiger partial charge in [-0.15, -0.1) is 0 Å². The van der Waals surface area contributed by atoms with Crippen molar-refractivity contribution in [2.75, 3.05) is 55.6 Å². The van der Waals surface area contributed by atoms with Gasteiger partial charge in [0.2, 0.25) is 5.75 Å². The van der Waals surface area contributed by atoms with E-state index in [1.54, 1.807) is 26.0 Å². The van der Waals surface area contributed by atoms with E-state index in [0.29, 0.717) is 47.0 Å². The molecule has 1 aliphatic heterocycles. The van der Waals surface area contributed by atoms with Crippen LogP contribution in [-0.2, 0) is 14.3 Å². The van der Waals surface area contributed by atoms with E-state index in [1.165, 1.54) is 33.3 Å². The van der Waals surface area contributed by atoms with Gasteiger partial charge >= 0.3 is 5.97 Å². The molecule has 1 aliphatic rings. The SMILES string of the molecule is COC(=O)c1[nH]c(C)c(/C(O)=C2\C(=O)C(=O)N(CCCN(C)C)[C@H]2c2cc(OC)c(OC)c(OC)c2)c1C. The maximum atomic E-state index is 13.5. The molecule has 1 aromatic carbocycles. The van der Waals surface area contributed by atoms with Gasteiger partial charge in [-0.3, -0.25) is 9.59 Å². The Hall–Kier alpha value is -3.99. The molecule has 1 atom stereocenters. The summed E-state index contributed by atoms with van der Waals surface area (Å²) in [5, 5.41) is 11.6. The van der Waals surface area contributed by atoms with Gasteiger partial charge in [-0.05, 0) is 64.2 Å². The van der Waals surface area contributed by atoms with Crippen molar-refractivity contribution in [2.45, 2.75) is 26.3 Å². The van der Waals surface area contributed by atoms with Crippen LogP contribution in [0.25, 0.3) is 5.76 Å². The van der Waals surface area contributed by atoms with Gasteiger partial charge in [0.1, 0.15) is 11.5 Å². The zero-order valence-corrected chi connectivity index (χ0v) is 23.1. The van der Waals surface area contributed by atoms with Crippen molar-refractivity contribution in [3.05, 3.63) is 45.8 Å². The zero-order valence-electron chi connectivity index (χ0n) is 23.1. The molecule has 11 heteroatoms. The number of aromatic amines is 1. The summed E-state index contributed by atoms with van der Waals surface area (Å²) in [4.78, 5) is 45.4. The molecule has 11 nitrogen and oxygen atoms in total. The Balaban J connectivity index is 2.29. The van der Waals surface area contributed by atoms with E-state index < -0.39 is 29.5 Å². The average molecular weight is 530 g/mol. The minimum absolute atomic E-state index is 0.101. The fraction of sp³-hybridized carbons (Fsp3) is 0.444. The second-order valence-electron chi connectivity index (χ2n) is 9.22. The number of hydrogen-bond acceptors (Lipinski definition) is 9. The Morgan fingerprint density at radius 1 is 1.05 bits per heavy atom. The topological polar surface area (TPSA) is 131 Å². The number of aliphatic hydroxyl groups excluding tert-OH is 1. The Morgan fingerprint density at radius 2 is 1.66 bits per heavy atom. The monoisotopic (exact) mass is 529 g/mol. The van der Waals surface area contributed by atoms with E-state index >= 15 is 0 Å². The van der Waals surface area contributed by atoms with Crippen LogP contribution in [0.5, 0.6) is 17.2 Å². The first-order valence-electron chi connectivity index (χ1n) is 12.0. The Morgan fingerprint density at radius 3 is 2.16 bits per heavy atom. The number of H-pyrrole nitrogens is 1. The molecule has 38 heavy (non-hydrogen) atoms. The molecule has 0 spiro atoms. The lowest BCUT2D eigenvalue weighted by Gasteiger charge is -2.27. The number of aromatic nitrogens is 1. The molecule has 0 unspecified atom stereocenters. The molecule has 0 saturated carbocycles. The predicted molar refractivity (Wildman–Crippen MR) is 140 cm³/mol. The highest BCUT2D eigenvalue weighted by Gasteiger charge is 2.47. The van der Waals surface area contributed by atoms with E-state index in [1.807, 2.05) is 19.0 Å². The molecule has 0 aliphatic carbocycles. The minimum atomic E-state index is -0.943. The zero-order chi connectivity index (χ0) is 28.3. The Labute approximate surface area is 221 Å². The van der Waals surface area contributed by atoms with E-state index in [2.05, 4.69) is 4.98 Å². The number of benzene rings is 1. The number of carbonyl (C=O) groups is 3. The number of ether oxygens (including phenoxy) is 4. The number of carbonyl (C=O) groups excluding carboxylic acids is 3. The largest absolute Gasteiger partial charge is 0.507 e. The third-order valence-electron chi connectivity index (χ3n) is 6.61. The van der Waals surface area contributed by atoms with Gasteiger partial charge in [0, 0.05) is 17.8 Å². The molecule has 2 aromatic rings. The molecule has 3 rings (SSSR count). The summed E-state index contributed by atoms with van der Waals surface area (Å²) >= 11 is 0. The average Bonchev–Trinajstić information content (AvgIpc) is 3.33. The van der Waals surface area contributed by atoms with Crippen molar-refractivity contribution in [3.63, 3.8) is 0 Å². The Kier molecular flexibility index (Phi) is 8.72. The van der Waals surface area contributed by atoms with Gasteiger partial charge in [0.25, 0.3) is 11.7 Å². The number of nitrogens with zero attached hydrogens (tertiary/aromatic N) is 2. The molecule has 2 N–H and O–H groups in total. The van der Waals surface area contributed by atoms with Crippen molar-refractivity contribution in [3.8, 4) is 17.2 Å². The molecule has 0 radical (unpaired) electrons. The fourth-order valence-corrected chi connectivity index (χ4v) is 4.82. The smallest absolute Gasteiger partial charge is 0.354 e. The summed E-state index contributed by atoms with van der Waals surface area (Å²) in [6, 6.07) is 2.36. The first-order chi connectivity index (χ1) is 18.0. The summed E-state index contributed by atoms with van der Waals surface area (Å²) in [5.41, 5.74) is 1.64. The number of rotatable bonds is 10. The Bertz CT molecular complexity index is 1250. The lowest BCUT2D eigenvalue weighted by atomic mass is 9.93.